The first-order valence-electron chi connectivity index (χ1n) is 11.5. The lowest BCUT2D eigenvalue weighted by atomic mass is 10.0. The molecule has 6 heteroatoms. The maximum Gasteiger partial charge on any atom is 0.251 e. The van der Waals surface area contributed by atoms with E-state index < -0.39 is 0 Å². The Labute approximate surface area is 192 Å². The Balaban J connectivity index is 1.72. The van der Waals surface area contributed by atoms with E-state index >= 15 is 0 Å². The zero-order valence-corrected chi connectivity index (χ0v) is 19.8. The Morgan fingerprint density at radius 3 is 2.56 bits per heavy atom. The van der Waals surface area contributed by atoms with Crippen LogP contribution in [0.25, 0.3) is 0 Å². The predicted octanol–water partition coefficient (Wildman–Crippen LogP) is 4.09. The second kappa shape index (κ2) is 12.0. The highest BCUT2D eigenvalue weighted by atomic mass is 16.7. The molecule has 2 aromatic carbocycles. The van der Waals surface area contributed by atoms with Crippen LogP contribution in [0.1, 0.15) is 48.7 Å². The third-order valence-corrected chi connectivity index (χ3v) is 6.26. The highest BCUT2D eigenvalue weighted by Gasteiger charge is 2.28. The summed E-state index contributed by atoms with van der Waals surface area (Å²) in [4.78, 5) is 17.2. The second-order valence-electron chi connectivity index (χ2n) is 8.61. The van der Waals surface area contributed by atoms with Crippen molar-refractivity contribution in [3.63, 3.8) is 0 Å². The number of benzene rings is 2. The molecular formula is C26H37N3O3. The molecule has 0 spiro atoms. The molecule has 0 radical (unpaired) electrons. The average Bonchev–Trinajstić information content (AvgIpc) is 3.28. The lowest BCUT2D eigenvalue weighted by molar-refractivity contribution is -0.0671. The first-order chi connectivity index (χ1) is 15.5. The SMILES string of the molecule is CCC(C)NC(=O)c1ccc(N(C)[C@H](CN2CC[C@H](OCOC)C2)c2ccccc2)cc1. The number of carbonyl (C=O) groups excluding carboxylic acids is 1. The van der Waals surface area contributed by atoms with Crippen LogP contribution in [0.2, 0.25) is 0 Å². The Hall–Kier alpha value is -2.41. The first kappa shape index (κ1) is 24.2. The third kappa shape index (κ3) is 6.55. The molecule has 174 valence electrons. The van der Waals surface area contributed by atoms with Crippen molar-refractivity contribution in [2.75, 3.05) is 45.5 Å². The van der Waals surface area contributed by atoms with Gasteiger partial charge in [-0.1, -0.05) is 37.3 Å². The minimum atomic E-state index is -0.0210. The van der Waals surface area contributed by atoms with E-state index in [4.69, 9.17) is 9.47 Å². The Kier molecular flexibility index (Phi) is 9.09. The van der Waals surface area contributed by atoms with Crippen molar-refractivity contribution in [2.24, 2.45) is 0 Å². The number of carbonyl (C=O) groups is 1. The lowest BCUT2D eigenvalue weighted by Gasteiger charge is -2.34. The fourth-order valence-corrected chi connectivity index (χ4v) is 4.07. The van der Waals surface area contributed by atoms with Gasteiger partial charge in [0.2, 0.25) is 0 Å². The number of rotatable bonds is 11. The quantitative estimate of drug-likeness (QED) is 0.535. The third-order valence-electron chi connectivity index (χ3n) is 6.26. The molecular weight excluding hydrogens is 402 g/mol. The molecule has 2 aromatic rings. The second-order valence-corrected chi connectivity index (χ2v) is 8.61. The van der Waals surface area contributed by atoms with Crippen molar-refractivity contribution < 1.29 is 14.3 Å². The number of hydrogen-bond donors (Lipinski definition) is 1. The molecule has 0 aliphatic carbocycles. The fraction of sp³-hybridized carbons (Fsp3) is 0.500. The van der Waals surface area contributed by atoms with E-state index in [0.29, 0.717) is 12.4 Å². The maximum absolute atomic E-state index is 12.4. The topological polar surface area (TPSA) is 54.0 Å². The van der Waals surface area contributed by atoms with Gasteiger partial charge < -0.3 is 19.7 Å². The summed E-state index contributed by atoms with van der Waals surface area (Å²) in [7, 11) is 3.79. The molecule has 1 N–H and O–H groups in total. The predicted molar refractivity (Wildman–Crippen MR) is 129 cm³/mol. The summed E-state index contributed by atoms with van der Waals surface area (Å²) in [6.07, 6.45) is 2.16. The smallest absolute Gasteiger partial charge is 0.251 e. The van der Waals surface area contributed by atoms with Gasteiger partial charge in [0.25, 0.3) is 5.91 Å². The van der Waals surface area contributed by atoms with Crippen LogP contribution in [-0.4, -0.2) is 63.5 Å². The number of methoxy groups -OCH3 is 1. The van der Waals surface area contributed by atoms with E-state index in [0.717, 1.165) is 38.2 Å². The van der Waals surface area contributed by atoms with Gasteiger partial charge in [-0.3, -0.25) is 9.69 Å². The van der Waals surface area contributed by atoms with Crippen LogP contribution in [0.3, 0.4) is 0 Å². The largest absolute Gasteiger partial charge is 0.366 e. The van der Waals surface area contributed by atoms with Crippen molar-refractivity contribution in [2.45, 2.75) is 44.9 Å². The molecule has 3 rings (SSSR count). The van der Waals surface area contributed by atoms with Gasteiger partial charge in [0, 0.05) is 51.1 Å². The molecule has 1 aliphatic heterocycles. The van der Waals surface area contributed by atoms with E-state index in [2.05, 4.69) is 59.4 Å². The molecule has 0 saturated carbocycles. The molecule has 32 heavy (non-hydrogen) atoms. The summed E-state index contributed by atoms with van der Waals surface area (Å²) in [5, 5.41) is 3.03. The Bertz CT molecular complexity index is 828. The van der Waals surface area contributed by atoms with E-state index in [-0.39, 0.29) is 24.1 Å². The van der Waals surface area contributed by atoms with E-state index in [1.807, 2.05) is 31.2 Å². The molecule has 1 fully saturated rings. The van der Waals surface area contributed by atoms with Gasteiger partial charge in [-0.15, -0.1) is 0 Å². The van der Waals surface area contributed by atoms with Crippen LogP contribution in [-0.2, 0) is 9.47 Å². The summed E-state index contributed by atoms with van der Waals surface area (Å²) in [6, 6.07) is 18.9. The van der Waals surface area contributed by atoms with Crippen LogP contribution in [0.4, 0.5) is 5.69 Å². The van der Waals surface area contributed by atoms with Gasteiger partial charge in [0.15, 0.2) is 0 Å². The number of hydrogen-bond acceptors (Lipinski definition) is 5. The lowest BCUT2D eigenvalue weighted by Crippen LogP contribution is -2.36. The van der Waals surface area contributed by atoms with Gasteiger partial charge in [-0.2, -0.15) is 0 Å². The average molecular weight is 440 g/mol. The molecule has 0 bridgehead atoms. The Morgan fingerprint density at radius 2 is 1.91 bits per heavy atom. The van der Waals surface area contributed by atoms with Gasteiger partial charge >= 0.3 is 0 Å². The first-order valence-corrected chi connectivity index (χ1v) is 11.5. The summed E-state index contributed by atoms with van der Waals surface area (Å²) >= 11 is 0. The molecule has 1 unspecified atom stereocenters. The number of likely N-dealkylation sites (tertiary alicyclic amines) is 1. The van der Waals surface area contributed by atoms with Crippen LogP contribution in [0.5, 0.6) is 0 Å². The number of ether oxygens (including phenoxy) is 2. The van der Waals surface area contributed by atoms with Gasteiger partial charge in [-0.25, -0.2) is 0 Å². The van der Waals surface area contributed by atoms with Crippen molar-refractivity contribution in [1.82, 2.24) is 10.2 Å². The van der Waals surface area contributed by atoms with E-state index in [1.165, 1.54) is 5.56 Å². The summed E-state index contributed by atoms with van der Waals surface area (Å²) in [5.41, 5.74) is 3.05. The van der Waals surface area contributed by atoms with Gasteiger partial charge in [0.1, 0.15) is 6.79 Å². The van der Waals surface area contributed by atoms with E-state index in [9.17, 15) is 4.79 Å². The molecule has 3 atom stereocenters. The number of amides is 1. The van der Waals surface area contributed by atoms with Crippen LogP contribution >= 0.6 is 0 Å². The van der Waals surface area contributed by atoms with Crippen LogP contribution < -0.4 is 10.2 Å². The molecule has 0 aromatic heterocycles. The number of nitrogens with zero attached hydrogens (tertiary/aromatic N) is 2. The standard InChI is InChI=1S/C26H37N3O3/c1-5-20(2)27-26(30)22-11-13-23(14-12-22)28(3)25(21-9-7-6-8-10-21)18-29-16-15-24(17-29)32-19-31-4/h6-14,20,24-25H,5,15-19H2,1-4H3,(H,27,30)/t20?,24-,25+/m0/s1. The van der Waals surface area contributed by atoms with Crippen molar-refractivity contribution in [3.05, 3.63) is 65.7 Å². The van der Waals surface area contributed by atoms with Crippen LogP contribution in [0.15, 0.2) is 54.6 Å². The summed E-state index contributed by atoms with van der Waals surface area (Å²) in [6.45, 7) is 7.27. The minimum Gasteiger partial charge on any atom is -0.366 e. The summed E-state index contributed by atoms with van der Waals surface area (Å²) in [5.74, 6) is -0.0210. The fourth-order valence-electron chi connectivity index (χ4n) is 4.07. The molecule has 6 nitrogen and oxygen atoms in total. The number of nitrogens with one attached hydrogen (secondary N) is 1. The minimum absolute atomic E-state index is 0.0210. The number of anilines is 1. The molecule has 1 amide bonds. The maximum atomic E-state index is 12.4. The molecule has 1 saturated heterocycles. The molecule has 1 heterocycles. The monoisotopic (exact) mass is 439 g/mol. The number of likely N-dealkylation sites (N-methyl/N-ethyl adjacent to an activating group) is 1. The highest BCUT2D eigenvalue weighted by molar-refractivity contribution is 5.94. The van der Waals surface area contributed by atoms with E-state index in [1.54, 1.807) is 7.11 Å². The molecule has 1 aliphatic rings. The van der Waals surface area contributed by atoms with Crippen molar-refractivity contribution in [1.29, 1.82) is 0 Å². The zero-order valence-electron chi connectivity index (χ0n) is 19.8. The summed E-state index contributed by atoms with van der Waals surface area (Å²) < 4.78 is 10.8. The van der Waals surface area contributed by atoms with Crippen LogP contribution in [0, 0.1) is 0 Å². The zero-order chi connectivity index (χ0) is 22.9. The van der Waals surface area contributed by atoms with Crippen molar-refractivity contribution in [3.8, 4) is 0 Å². The highest BCUT2D eigenvalue weighted by Crippen LogP contribution is 2.28. The van der Waals surface area contributed by atoms with Gasteiger partial charge in [0.05, 0.1) is 12.1 Å². The normalized spacial score (nSPS) is 18.3. The van der Waals surface area contributed by atoms with Gasteiger partial charge in [-0.05, 0) is 49.6 Å². The van der Waals surface area contributed by atoms with Crippen molar-refractivity contribution >= 4 is 11.6 Å². The Morgan fingerprint density at radius 1 is 1.19 bits per heavy atom.